The fraction of sp³-hybridized carbons (Fsp3) is 0.294. The lowest BCUT2D eigenvalue weighted by Gasteiger charge is -2.15. The standard InChI is InChI=1S/C17H17Br3/c1-3-11(2)12-4-6-13(7-5-12)17(20)15-9-8-14(18)10-16(15)19/h4-11,17H,3H2,1-2H3. The molecule has 0 fully saturated rings. The summed E-state index contributed by atoms with van der Waals surface area (Å²) >= 11 is 10.9. The first kappa shape index (κ1) is 16.3. The normalized spacial score (nSPS) is 14.1. The van der Waals surface area contributed by atoms with Crippen LogP contribution in [0.15, 0.2) is 51.4 Å². The van der Waals surface area contributed by atoms with Crippen LogP contribution in [0.1, 0.15) is 47.7 Å². The molecule has 2 rings (SSSR count). The fourth-order valence-corrected chi connectivity index (χ4v) is 4.40. The van der Waals surface area contributed by atoms with Crippen LogP contribution in [-0.4, -0.2) is 0 Å². The van der Waals surface area contributed by atoms with Gasteiger partial charge in [0.1, 0.15) is 0 Å². The zero-order valence-corrected chi connectivity index (χ0v) is 16.3. The molecular formula is C17H17Br3. The molecule has 0 heterocycles. The zero-order valence-electron chi connectivity index (χ0n) is 11.5. The Morgan fingerprint density at radius 3 is 2.10 bits per heavy atom. The van der Waals surface area contributed by atoms with Crippen molar-refractivity contribution in [2.24, 2.45) is 0 Å². The molecular weight excluding hydrogens is 444 g/mol. The number of hydrogen-bond acceptors (Lipinski definition) is 0. The van der Waals surface area contributed by atoms with Crippen LogP contribution in [-0.2, 0) is 0 Å². The molecule has 0 aliphatic carbocycles. The Hall–Kier alpha value is -0.120. The average Bonchev–Trinajstić information content (AvgIpc) is 2.46. The third-order valence-corrected chi connectivity index (χ3v) is 5.85. The summed E-state index contributed by atoms with van der Waals surface area (Å²) < 4.78 is 2.19. The molecule has 2 unspecified atom stereocenters. The van der Waals surface area contributed by atoms with Crippen LogP contribution in [0.3, 0.4) is 0 Å². The highest BCUT2D eigenvalue weighted by molar-refractivity contribution is 9.11. The number of alkyl halides is 1. The predicted octanol–water partition coefficient (Wildman–Crippen LogP) is 7.21. The van der Waals surface area contributed by atoms with Crippen LogP contribution >= 0.6 is 47.8 Å². The molecule has 106 valence electrons. The second-order valence-corrected chi connectivity index (χ2v) is 7.69. The van der Waals surface area contributed by atoms with Crippen LogP contribution < -0.4 is 0 Å². The summed E-state index contributed by atoms with van der Waals surface area (Å²) in [6.45, 7) is 4.50. The van der Waals surface area contributed by atoms with Crippen molar-refractivity contribution in [2.45, 2.75) is 31.0 Å². The third kappa shape index (κ3) is 3.75. The Labute approximate surface area is 146 Å². The first-order valence-corrected chi connectivity index (χ1v) is 9.22. The lowest BCUT2D eigenvalue weighted by Crippen LogP contribution is -1.96. The van der Waals surface area contributed by atoms with Crippen LogP contribution in [0.2, 0.25) is 0 Å². The van der Waals surface area contributed by atoms with E-state index in [0.717, 1.165) is 8.95 Å². The SMILES string of the molecule is CCC(C)c1ccc(C(Br)c2ccc(Br)cc2Br)cc1. The maximum Gasteiger partial charge on any atom is 0.0655 e. The van der Waals surface area contributed by atoms with E-state index in [4.69, 9.17) is 0 Å². The second kappa shape index (κ2) is 7.24. The molecule has 0 N–H and O–H groups in total. The van der Waals surface area contributed by atoms with Crippen molar-refractivity contribution >= 4 is 47.8 Å². The Balaban J connectivity index is 2.26. The van der Waals surface area contributed by atoms with Crippen molar-refractivity contribution < 1.29 is 0 Å². The van der Waals surface area contributed by atoms with Gasteiger partial charge in [0, 0.05) is 8.95 Å². The Kier molecular flexibility index (Phi) is 5.88. The zero-order chi connectivity index (χ0) is 14.7. The van der Waals surface area contributed by atoms with Crippen LogP contribution in [0.4, 0.5) is 0 Å². The van der Waals surface area contributed by atoms with Gasteiger partial charge in [-0.2, -0.15) is 0 Å². The van der Waals surface area contributed by atoms with E-state index in [1.807, 2.05) is 0 Å². The summed E-state index contributed by atoms with van der Waals surface area (Å²) in [7, 11) is 0. The van der Waals surface area contributed by atoms with Crippen LogP contribution in [0.5, 0.6) is 0 Å². The number of hydrogen-bond donors (Lipinski definition) is 0. The van der Waals surface area contributed by atoms with Gasteiger partial charge in [0.15, 0.2) is 0 Å². The summed E-state index contributed by atoms with van der Waals surface area (Å²) in [6.07, 6.45) is 1.18. The molecule has 20 heavy (non-hydrogen) atoms. The molecule has 0 aliphatic rings. The van der Waals surface area contributed by atoms with E-state index in [2.05, 4.69) is 104 Å². The Morgan fingerprint density at radius 1 is 0.950 bits per heavy atom. The van der Waals surface area contributed by atoms with E-state index in [0.29, 0.717) is 5.92 Å². The van der Waals surface area contributed by atoms with Gasteiger partial charge in [-0.1, -0.05) is 92.0 Å². The highest BCUT2D eigenvalue weighted by Crippen LogP contribution is 2.37. The van der Waals surface area contributed by atoms with Crippen molar-refractivity contribution in [3.63, 3.8) is 0 Å². The Bertz CT molecular complexity index is 575. The number of rotatable bonds is 4. The van der Waals surface area contributed by atoms with Crippen molar-refractivity contribution in [1.82, 2.24) is 0 Å². The molecule has 0 saturated heterocycles. The molecule has 0 bridgehead atoms. The van der Waals surface area contributed by atoms with Gasteiger partial charge in [0.25, 0.3) is 0 Å². The summed E-state index contributed by atoms with van der Waals surface area (Å²) in [5.74, 6) is 0.622. The van der Waals surface area contributed by atoms with Gasteiger partial charge in [-0.3, -0.25) is 0 Å². The van der Waals surface area contributed by atoms with E-state index in [1.54, 1.807) is 0 Å². The van der Waals surface area contributed by atoms with Crippen molar-refractivity contribution in [3.8, 4) is 0 Å². The number of halogens is 3. The lowest BCUT2D eigenvalue weighted by atomic mass is 9.96. The quantitative estimate of drug-likeness (QED) is 0.423. The van der Waals surface area contributed by atoms with Gasteiger partial charge >= 0.3 is 0 Å². The molecule has 0 amide bonds. The molecule has 2 atom stereocenters. The second-order valence-electron chi connectivity index (χ2n) is 5.00. The van der Waals surface area contributed by atoms with Gasteiger partial charge < -0.3 is 0 Å². The molecule has 2 aromatic rings. The molecule has 3 heteroatoms. The minimum Gasteiger partial charge on any atom is -0.0786 e. The van der Waals surface area contributed by atoms with Gasteiger partial charge in [-0.15, -0.1) is 0 Å². The predicted molar refractivity (Wildman–Crippen MR) is 97.8 cm³/mol. The molecule has 2 aromatic carbocycles. The largest absolute Gasteiger partial charge is 0.0786 e. The highest BCUT2D eigenvalue weighted by atomic mass is 79.9. The maximum absolute atomic E-state index is 3.80. The molecule has 0 spiro atoms. The molecule has 0 radical (unpaired) electrons. The molecule has 0 saturated carbocycles. The third-order valence-electron chi connectivity index (χ3n) is 3.65. The fourth-order valence-electron chi connectivity index (χ4n) is 2.12. The summed E-state index contributed by atoms with van der Waals surface area (Å²) in [5.41, 5.74) is 3.93. The summed E-state index contributed by atoms with van der Waals surface area (Å²) in [6, 6.07) is 15.2. The van der Waals surface area contributed by atoms with Crippen molar-refractivity contribution in [1.29, 1.82) is 0 Å². The highest BCUT2D eigenvalue weighted by Gasteiger charge is 2.14. The first-order chi connectivity index (χ1) is 9.52. The summed E-state index contributed by atoms with van der Waals surface area (Å²) in [4.78, 5) is 0.205. The molecule has 0 aliphatic heterocycles. The van der Waals surface area contributed by atoms with Crippen molar-refractivity contribution in [3.05, 3.63) is 68.1 Å². The Morgan fingerprint density at radius 2 is 1.55 bits per heavy atom. The van der Waals surface area contributed by atoms with E-state index < -0.39 is 0 Å². The van der Waals surface area contributed by atoms with Crippen LogP contribution in [0, 0.1) is 0 Å². The lowest BCUT2D eigenvalue weighted by molar-refractivity contribution is 0.733. The van der Waals surface area contributed by atoms with Crippen LogP contribution in [0.25, 0.3) is 0 Å². The van der Waals surface area contributed by atoms with E-state index >= 15 is 0 Å². The molecule has 0 aromatic heterocycles. The summed E-state index contributed by atoms with van der Waals surface area (Å²) in [5, 5.41) is 0. The van der Waals surface area contributed by atoms with Crippen molar-refractivity contribution in [2.75, 3.05) is 0 Å². The monoisotopic (exact) mass is 458 g/mol. The van der Waals surface area contributed by atoms with Gasteiger partial charge in [-0.05, 0) is 41.2 Å². The number of benzene rings is 2. The molecule has 0 nitrogen and oxygen atoms in total. The topological polar surface area (TPSA) is 0 Å². The van der Waals surface area contributed by atoms with E-state index in [9.17, 15) is 0 Å². The smallest absolute Gasteiger partial charge is 0.0655 e. The van der Waals surface area contributed by atoms with E-state index in [-0.39, 0.29) is 4.83 Å². The average molecular weight is 461 g/mol. The van der Waals surface area contributed by atoms with Gasteiger partial charge in [-0.25, -0.2) is 0 Å². The first-order valence-electron chi connectivity index (χ1n) is 6.71. The minimum absolute atomic E-state index is 0.205. The van der Waals surface area contributed by atoms with Gasteiger partial charge in [0.2, 0.25) is 0 Å². The van der Waals surface area contributed by atoms with E-state index in [1.165, 1.54) is 23.1 Å². The maximum atomic E-state index is 3.80. The van der Waals surface area contributed by atoms with Gasteiger partial charge in [0.05, 0.1) is 4.83 Å². The minimum atomic E-state index is 0.205.